The Bertz CT molecular complexity index is 2000. The number of nitrogens with one attached hydrogen (secondary N) is 1. The Balaban J connectivity index is 0.000000152. The number of nitrogens with two attached hydrogens (primary N) is 2. The standard InChI is InChI=1S/C17H15BrN6O2.C12H9BrIN3O2/c18-9-3-4-11-10(7-9)17-20-12(14(19)25)13(24(17)5-6-26-11)16-21-15(22-23-16)8-1-2-8;13-6-1-2-8-7(5-6)12-16-9(11(15)18)10(14)17(12)3-4-19-8/h3-4,7-8H,1-2,5-6H2,(H2,19,25)(H,21,22,23);1-2,5H,3-4H2,(H2,15,18). The fraction of sp³-hybridized carbons (Fsp3) is 0.241. The third kappa shape index (κ3) is 5.63. The van der Waals surface area contributed by atoms with Crippen molar-refractivity contribution in [2.75, 3.05) is 13.2 Å². The molecule has 3 aromatic heterocycles. The van der Waals surface area contributed by atoms with Crippen LogP contribution in [0.3, 0.4) is 0 Å². The molecule has 0 radical (unpaired) electrons. The molecule has 8 rings (SSSR count). The Kier molecular flexibility index (Phi) is 7.89. The number of amides is 2. The maximum atomic E-state index is 12.1. The highest BCUT2D eigenvalue weighted by molar-refractivity contribution is 14.1. The summed E-state index contributed by atoms with van der Waals surface area (Å²) in [6, 6.07) is 11.4. The normalized spacial score (nSPS) is 14.6. The van der Waals surface area contributed by atoms with Crippen molar-refractivity contribution >= 4 is 66.3 Å². The summed E-state index contributed by atoms with van der Waals surface area (Å²) in [6.45, 7) is 2.14. The molecule has 0 bridgehead atoms. The van der Waals surface area contributed by atoms with Crippen molar-refractivity contribution in [3.8, 4) is 45.8 Å². The highest BCUT2D eigenvalue weighted by atomic mass is 127. The number of halogens is 3. The predicted octanol–water partition coefficient (Wildman–Crippen LogP) is 4.87. The van der Waals surface area contributed by atoms with E-state index in [-0.39, 0.29) is 5.69 Å². The van der Waals surface area contributed by atoms with Gasteiger partial charge in [-0.05, 0) is 71.8 Å². The molecule has 2 aliphatic heterocycles. The first kappa shape index (κ1) is 29.9. The highest BCUT2D eigenvalue weighted by Gasteiger charge is 2.32. The molecule has 230 valence electrons. The van der Waals surface area contributed by atoms with Crippen molar-refractivity contribution in [2.45, 2.75) is 31.8 Å². The molecule has 0 spiro atoms. The Morgan fingerprint density at radius 3 is 1.98 bits per heavy atom. The second-order valence-corrected chi connectivity index (χ2v) is 13.4. The number of rotatable bonds is 4. The quantitative estimate of drug-likeness (QED) is 0.214. The van der Waals surface area contributed by atoms with E-state index in [1.165, 1.54) is 0 Å². The van der Waals surface area contributed by atoms with E-state index in [9.17, 15) is 9.59 Å². The molecule has 3 aliphatic rings. The van der Waals surface area contributed by atoms with Crippen molar-refractivity contribution in [2.24, 2.45) is 11.5 Å². The summed E-state index contributed by atoms with van der Waals surface area (Å²) in [7, 11) is 0. The van der Waals surface area contributed by atoms with Crippen LogP contribution < -0.4 is 20.9 Å². The van der Waals surface area contributed by atoms with Crippen LogP contribution in [0.15, 0.2) is 45.3 Å². The number of primary amides is 2. The second kappa shape index (κ2) is 11.9. The van der Waals surface area contributed by atoms with Crippen LogP contribution in [0.5, 0.6) is 11.5 Å². The van der Waals surface area contributed by atoms with E-state index in [1.54, 1.807) is 0 Å². The fourth-order valence-electron chi connectivity index (χ4n) is 5.29. The van der Waals surface area contributed by atoms with Crippen molar-refractivity contribution in [1.29, 1.82) is 0 Å². The average molecular weight is 849 g/mol. The number of carbonyl (C=O) groups excluding carboxylic acids is 2. The number of fused-ring (bicyclic) bond motifs is 6. The summed E-state index contributed by atoms with van der Waals surface area (Å²) in [5.74, 6) is 3.43. The average Bonchev–Trinajstić information content (AvgIpc) is 3.60. The molecule has 1 saturated carbocycles. The van der Waals surface area contributed by atoms with Crippen LogP contribution in [-0.2, 0) is 13.1 Å². The first-order valence-corrected chi connectivity index (χ1v) is 16.6. The molecule has 45 heavy (non-hydrogen) atoms. The number of aromatic nitrogens is 7. The number of H-pyrrole nitrogens is 1. The van der Waals surface area contributed by atoms with Gasteiger partial charge in [-0.15, -0.1) is 0 Å². The molecule has 16 heteroatoms. The lowest BCUT2D eigenvalue weighted by Crippen LogP contribution is -2.15. The maximum Gasteiger partial charge on any atom is 0.270 e. The molecule has 13 nitrogen and oxygen atoms in total. The summed E-state index contributed by atoms with van der Waals surface area (Å²) in [5.41, 5.74) is 13.6. The molecule has 5 N–H and O–H groups in total. The molecule has 5 heterocycles. The van der Waals surface area contributed by atoms with E-state index >= 15 is 0 Å². The van der Waals surface area contributed by atoms with Gasteiger partial charge in [-0.3, -0.25) is 14.7 Å². The number of nitrogens with zero attached hydrogens (tertiary/aromatic N) is 6. The van der Waals surface area contributed by atoms with Crippen LogP contribution in [0.2, 0.25) is 0 Å². The number of carbonyl (C=O) groups is 2. The number of ether oxygens (including phenoxy) is 2. The van der Waals surface area contributed by atoms with E-state index in [2.05, 4.69) is 79.6 Å². The molecule has 2 aromatic carbocycles. The van der Waals surface area contributed by atoms with E-state index in [0.717, 1.165) is 48.2 Å². The summed E-state index contributed by atoms with van der Waals surface area (Å²) < 4.78 is 18.0. The van der Waals surface area contributed by atoms with Crippen LogP contribution >= 0.6 is 54.5 Å². The fourth-order valence-corrected chi connectivity index (χ4v) is 6.87. The van der Waals surface area contributed by atoms with Crippen molar-refractivity contribution in [3.05, 3.63) is 66.3 Å². The van der Waals surface area contributed by atoms with Crippen LogP contribution in [0.25, 0.3) is 34.3 Å². The smallest absolute Gasteiger partial charge is 0.270 e. The first-order valence-electron chi connectivity index (χ1n) is 13.9. The molecule has 2 amide bonds. The van der Waals surface area contributed by atoms with Crippen LogP contribution in [-0.4, -0.2) is 59.3 Å². The number of hydrogen-bond donors (Lipinski definition) is 3. The molecule has 1 fully saturated rings. The van der Waals surface area contributed by atoms with Crippen LogP contribution in [0.1, 0.15) is 45.6 Å². The van der Waals surface area contributed by atoms with E-state index in [4.69, 9.17) is 20.9 Å². The van der Waals surface area contributed by atoms with E-state index in [0.29, 0.717) is 66.8 Å². The summed E-state index contributed by atoms with van der Waals surface area (Å²) in [4.78, 5) is 37.0. The van der Waals surface area contributed by atoms with Crippen LogP contribution in [0, 0.1) is 3.70 Å². The minimum atomic E-state index is -0.601. The lowest BCUT2D eigenvalue weighted by molar-refractivity contribution is 0.0987. The van der Waals surface area contributed by atoms with Crippen LogP contribution in [0.4, 0.5) is 0 Å². The molecule has 0 saturated heterocycles. The van der Waals surface area contributed by atoms with Gasteiger partial charge in [0.2, 0.25) is 0 Å². The van der Waals surface area contributed by atoms with Crippen molar-refractivity contribution in [1.82, 2.24) is 34.3 Å². The topological polar surface area (TPSA) is 182 Å². The molecular formula is C29H24Br2IN9O4. The van der Waals surface area contributed by atoms with Gasteiger partial charge in [-0.2, -0.15) is 5.10 Å². The third-order valence-corrected chi connectivity index (χ3v) is 9.61. The molecular weight excluding hydrogens is 825 g/mol. The lowest BCUT2D eigenvalue weighted by atomic mass is 10.2. The number of imidazole rings is 2. The summed E-state index contributed by atoms with van der Waals surface area (Å²) in [5, 5.41) is 7.30. The predicted molar refractivity (Wildman–Crippen MR) is 179 cm³/mol. The van der Waals surface area contributed by atoms with E-state index < -0.39 is 11.8 Å². The van der Waals surface area contributed by atoms with Gasteiger partial charge < -0.3 is 30.1 Å². The highest BCUT2D eigenvalue weighted by Crippen LogP contribution is 2.40. The Morgan fingerprint density at radius 2 is 1.40 bits per heavy atom. The third-order valence-electron chi connectivity index (χ3n) is 7.53. The summed E-state index contributed by atoms with van der Waals surface area (Å²) >= 11 is 9.01. The maximum absolute atomic E-state index is 12.1. The van der Waals surface area contributed by atoms with Gasteiger partial charge in [0.15, 0.2) is 17.2 Å². The van der Waals surface area contributed by atoms with Crippen molar-refractivity contribution in [3.63, 3.8) is 0 Å². The molecule has 1 aliphatic carbocycles. The Morgan fingerprint density at radius 1 is 0.844 bits per heavy atom. The zero-order valence-corrected chi connectivity index (χ0v) is 28.7. The van der Waals surface area contributed by atoms with Gasteiger partial charge in [0.05, 0.1) is 24.2 Å². The van der Waals surface area contributed by atoms with Gasteiger partial charge in [0.1, 0.15) is 51.6 Å². The lowest BCUT2D eigenvalue weighted by Gasteiger charge is -2.06. The van der Waals surface area contributed by atoms with Crippen molar-refractivity contribution < 1.29 is 19.1 Å². The minimum absolute atomic E-state index is 0.175. The molecule has 0 atom stereocenters. The second-order valence-electron chi connectivity index (χ2n) is 10.5. The number of hydrogen-bond acceptors (Lipinski definition) is 8. The Hall–Kier alpha value is -3.77. The Labute approximate surface area is 286 Å². The van der Waals surface area contributed by atoms with E-state index in [1.807, 2.05) is 45.5 Å². The minimum Gasteiger partial charge on any atom is -0.491 e. The zero-order valence-electron chi connectivity index (χ0n) is 23.4. The van der Waals surface area contributed by atoms with Gasteiger partial charge in [-0.1, -0.05) is 31.9 Å². The summed E-state index contributed by atoms with van der Waals surface area (Å²) in [6.07, 6.45) is 2.22. The first-order chi connectivity index (χ1) is 21.7. The SMILES string of the molecule is NC(=O)c1nc2n(c1-c1n[nH]c(C3CC3)n1)CCOc1ccc(Br)cc1-2.NC(=O)c1nc2n(c1I)CCOc1ccc(Br)cc1-2. The number of benzene rings is 2. The number of aromatic amines is 1. The monoisotopic (exact) mass is 847 g/mol. The molecule has 0 unspecified atom stereocenters. The van der Waals surface area contributed by atoms with Gasteiger partial charge in [-0.25, -0.2) is 15.0 Å². The van der Waals surface area contributed by atoms with Gasteiger partial charge >= 0.3 is 0 Å². The van der Waals surface area contributed by atoms with Gasteiger partial charge in [0, 0.05) is 14.9 Å². The molecule has 5 aromatic rings. The zero-order chi connectivity index (χ0) is 31.4. The van der Waals surface area contributed by atoms with Gasteiger partial charge in [0.25, 0.3) is 11.8 Å². The largest absolute Gasteiger partial charge is 0.491 e.